The molecule has 1 aromatic carbocycles. The third-order valence-corrected chi connectivity index (χ3v) is 4.40. The number of Topliss-reactive ketones (excluding diaryl/α,β-unsaturated/α-hetero) is 1. The van der Waals surface area contributed by atoms with E-state index in [-0.39, 0.29) is 18.0 Å². The maximum Gasteiger partial charge on any atom is 0.274 e. The van der Waals surface area contributed by atoms with Gasteiger partial charge in [0.1, 0.15) is 6.54 Å². The van der Waals surface area contributed by atoms with Crippen molar-refractivity contribution < 1.29 is 14.7 Å². The molecule has 2 N–H and O–H groups in total. The van der Waals surface area contributed by atoms with Crippen LogP contribution in [0.25, 0.3) is 0 Å². The monoisotopic (exact) mass is 342 g/mol. The van der Waals surface area contributed by atoms with Crippen LogP contribution in [0.4, 0.5) is 0 Å². The summed E-state index contributed by atoms with van der Waals surface area (Å²) in [5.74, 6) is -0.417. The fraction of sp³-hybridized carbons (Fsp3) is 0.444. The number of aromatic nitrogens is 3. The number of ketones is 1. The Morgan fingerprint density at radius 1 is 1.32 bits per heavy atom. The lowest BCUT2D eigenvalue weighted by molar-refractivity contribution is -0.127. The minimum absolute atomic E-state index is 0.00417. The van der Waals surface area contributed by atoms with Crippen LogP contribution in [0.1, 0.15) is 48.4 Å². The molecule has 2 atom stereocenters. The second kappa shape index (κ2) is 6.40. The maximum atomic E-state index is 12.4. The van der Waals surface area contributed by atoms with Crippen LogP contribution in [0.5, 0.6) is 0 Å². The normalized spacial score (nSPS) is 19.5. The van der Waals surface area contributed by atoms with Gasteiger partial charge in [0.05, 0.1) is 18.3 Å². The lowest BCUT2D eigenvalue weighted by Gasteiger charge is -2.17. The van der Waals surface area contributed by atoms with Crippen molar-refractivity contribution >= 4 is 11.7 Å². The van der Waals surface area contributed by atoms with Crippen LogP contribution in [-0.2, 0) is 17.8 Å². The zero-order valence-electron chi connectivity index (χ0n) is 14.6. The molecule has 1 aromatic heterocycles. The largest absolute Gasteiger partial charge is 0.390 e. The molecule has 0 fully saturated rings. The number of carbonyl (C=O) groups excluding carboxylic acids is 2. The minimum atomic E-state index is -0.668. The van der Waals surface area contributed by atoms with Crippen molar-refractivity contribution in [2.45, 2.75) is 45.9 Å². The van der Waals surface area contributed by atoms with Gasteiger partial charge in [-0.3, -0.25) is 9.59 Å². The molecule has 0 spiro atoms. The second-order valence-corrected chi connectivity index (χ2v) is 7.40. The number of fused-ring (bicyclic) bond motifs is 1. The fourth-order valence-electron chi connectivity index (χ4n) is 2.83. The standard InChI is InChI=1S/C18H22N4O3/c1-18(2,3)15(24)10-22-9-13(20-21-22)17(25)19-16-12-7-5-4-6-11(12)8-14(16)23/h4-7,9,14,16,23H,8,10H2,1-3H3,(H,19,25). The van der Waals surface area contributed by atoms with Crippen molar-refractivity contribution in [1.29, 1.82) is 0 Å². The van der Waals surface area contributed by atoms with Crippen molar-refractivity contribution in [2.24, 2.45) is 5.41 Å². The molecular formula is C18H22N4O3. The summed E-state index contributed by atoms with van der Waals surface area (Å²) in [6.45, 7) is 5.56. The Kier molecular flexibility index (Phi) is 4.43. The second-order valence-electron chi connectivity index (χ2n) is 7.40. The van der Waals surface area contributed by atoms with Gasteiger partial charge >= 0.3 is 0 Å². The van der Waals surface area contributed by atoms with E-state index >= 15 is 0 Å². The topological polar surface area (TPSA) is 97.1 Å². The lowest BCUT2D eigenvalue weighted by Crippen LogP contribution is -2.34. The quantitative estimate of drug-likeness (QED) is 0.872. The molecule has 1 heterocycles. The average Bonchev–Trinajstić information content (AvgIpc) is 3.12. The number of benzene rings is 1. The first-order valence-electron chi connectivity index (χ1n) is 8.26. The fourth-order valence-corrected chi connectivity index (χ4v) is 2.83. The summed E-state index contributed by atoms with van der Waals surface area (Å²) in [5, 5.41) is 20.7. The lowest BCUT2D eigenvalue weighted by atomic mass is 9.91. The average molecular weight is 342 g/mol. The van der Waals surface area contributed by atoms with E-state index in [1.165, 1.54) is 10.9 Å². The molecule has 1 aliphatic rings. The van der Waals surface area contributed by atoms with E-state index in [4.69, 9.17) is 0 Å². The number of nitrogens with zero attached hydrogens (tertiary/aromatic N) is 3. The number of aliphatic hydroxyl groups excluding tert-OH is 1. The number of aliphatic hydroxyl groups is 1. The van der Waals surface area contributed by atoms with E-state index in [9.17, 15) is 14.7 Å². The zero-order chi connectivity index (χ0) is 18.2. The van der Waals surface area contributed by atoms with E-state index in [0.717, 1.165) is 11.1 Å². The summed E-state index contributed by atoms with van der Waals surface area (Å²) < 4.78 is 1.36. The molecule has 0 radical (unpaired) electrons. The van der Waals surface area contributed by atoms with Crippen LogP contribution in [-0.4, -0.2) is 37.9 Å². The highest BCUT2D eigenvalue weighted by Gasteiger charge is 2.32. The Labute approximate surface area is 146 Å². The number of hydrogen-bond donors (Lipinski definition) is 2. The van der Waals surface area contributed by atoms with Gasteiger partial charge in [0.25, 0.3) is 5.91 Å². The number of nitrogens with one attached hydrogen (secondary N) is 1. The summed E-state index contributed by atoms with van der Waals surface area (Å²) in [4.78, 5) is 24.5. The maximum absolute atomic E-state index is 12.4. The van der Waals surface area contributed by atoms with E-state index in [2.05, 4.69) is 15.6 Å². The summed E-state index contributed by atoms with van der Waals surface area (Å²) >= 11 is 0. The molecule has 2 aromatic rings. The van der Waals surface area contributed by atoms with E-state index < -0.39 is 23.5 Å². The molecule has 132 valence electrons. The van der Waals surface area contributed by atoms with Gasteiger partial charge in [-0.25, -0.2) is 4.68 Å². The van der Waals surface area contributed by atoms with E-state index in [1.54, 1.807) is 0 Å². The third-order valence-electron chi connectivity index (χ3n) is 4.40. The Morgan fingerprint density at radius 2 is 2.04 bits per heavy atom. The van der Waals surface area contributed by atoms with Crippen molar-refractivity contribution in [1.82, 2.24) is 20.3 Å². The highest BCUT2D eigenvalue weighted by molar-refractivity contribution is 5.92. The van der Waals surface area contributed by atoms with Gasteiger partial charge in [0.15, 0.2) is 11.5 Å². The van der Waals surface area contributed by atoms with E-state index in [0.29, 0.717) is 6.42 Å². The predicted octanol–water partition coefficient (Wildman–Crippen LogP) is 1.28. The highest BCUT2D eigenvalue weighted by atomic mass is 16.3. The van der Waals surface area contributed by atoms with Crippen LogP contribution in [0.3, 0.4) is 0 Å². The van der Waals surface area contributed by atoms with Crippen molar-refractivity contribution in [2.75, 3.05) is 0 Å². The first-order valence-corrected chi connectivity index (χ1v) is 8.26. The number of carbonyl (C=O) groups is 2. The van der Waals surface area contributed by atoms with Gasteiger partial charge < -0.3 is 10.4 Å². The van der Waals surface area contributed by atoms with Crippen molar-refractivity contribution in [3.8, 4) is 0 Å². The molecular weight excluding hydrogens is 320 g/mol. The first kappa shape index (κ1) is 17.3. The summed E-state index contributed by atoms with van der Waals surface area (Å²) in [6.07, 6.45) is 1.29. The molecule has 0 bridgehead atoms. The van der Waals surface area contributed by atoms with Crippen molar-refractivity contribution in [3.05, 3.63) is 47.3 Å². The number of rotatable bonds is 4. The third kappa shape index (κ3) is 3.61. The van der Waals surface area contributed by atoms with Crippen molar-refractivity contribution in [3.63, 3.8) is 0 Å². The molecule has 0 saturated heterocycles. The summed E-state index contributed by atoms with van der Waals surface area (Å²) in [6, 6.07) is 7.16. The molecule has 1 amide bonds. The Bertz CT molecular complexity index is 807. The van der Waals surface area contributed by atoms with Crippen LogP contribution >= 0.6 is 0 Å². The number of hydrogen-bond acceptors (Lipinski definition) is 5. The van der Waals surface area contributed by atoms with Gasteiger partial charge in [-0.05, 0) is 11.1 Å². The minimum Gasteiger partial charge on any atom is -0.390 e. The zero-order valence-corrected chi connectivity index (χ0v) is 14.6. The molecule has 0 saturated carbocycles. The van der Waals surface area contributed by atoms with Gasteiger partial charge in [-0.15, -0.1) is 5.10 Å². The number of amides is 1. The first-order chi connectivity index (χ1) is 11.8. The van der Waals surface area contributed by atoms with Gasteiger partial charge in [0, 0.05) is 11.8 Å². The van der Waals surface area contributed by atoms with Crippen LogP contribution in [0, 0.1) is 5.41 Å². The van der Waals surface area contributed by atoms with Gasteiger partial charge in [0.2, 0.25) is 0 Å². The summed E-state index contributed by atoms with van der Waals surface area (Å²) in [7, 11) is 0. The molecule has 7 heteroatoms. The van der Waals surface area contributed by atoms with Crippen LogP contribution in [0.2, 0.25) is 0 Å². The van der Waals surface area contributed by atoms with E-state index in [1.807, 2.05) is 45.0 Å². The molecule has 7 nitrogen and oxygen atoms in total. The van der Waals surface area contributed by atoms with Crippen LogP contribution < -0.4 is 5.32 Å². The molecule has 0 aliphatic heterocycles. The molecule has 2 unspecified atom stereocenters. The molecule has 1 aliphatic carbocycles. The Morgan fingerprint density at radius 3 is 2.76 bits per heavy atom. The van der Waals surface area contributed by atoms with Gasteiger partial charge in [-0.1, -0.05) is 50.3 Å². The van der Waals surface area contributed by atoms with Gasteiger partial charge in [-0.2, -0.15) is 0 Å². The summed E-state index contributed by atoms with van der Waals surface area (Å²) in [5.41, 5.74) is 1.59. The Balaban J connectivity index is 1.70. The van der Waals surface area contributed by atoms with Crippen LogP contribution in [0.15, 0.2) is 30.5 Å². The molecule has 3 rings (SSSR count). The molecule has 25 heavy (non-hydrogen) atoms. The highest BCUT2D eigenvalue weighted by Crippen LogP contribution is 2.31. The Hall–Kier alpha value is -2.54. The predicted molar refractivity (Wildman–Crippen MR) is 90.8 cm³/mol. The smallest absolute Gasteiger partial charge is 0.274 e. The SMILES string of the molecule is CC(C)(C)C(=O)Cn1cc(C(=O)NC2c3ccccc3CC2O)nn1.